The Hall–Kier alpha value is -1.88. The third kappa shape index (κ3) is 2.87. The lowest BCUT2D eigenvalue weighted by atomic mass is 10.2. The zero-order valence-electron chi connectivity index (χ0n) is 10.7. The number of nitrogens with one attached hydrogen (secondary N) is 1. The number of hydrogen-bond donors (Lipinski definition) is 2. The summed E-state index contributed by atoms with van der Waals surface area (Å²) in [4.78, 5) is 4.45. The van der Waals surface area contributed by atoms with Crippen molar-refractivity contribution in [2.45, 2.75) is 19.8 Å². The first-order valence-electron chi connectivity index (χ1n) is 6.06. The Kier molecular flexibility index (Phi) is 3.94. The number of ether oxygens (including phenoxy) is 1. The molecule has 1 aromatic carbocycles. The van der Waals surface area contributed by atoms with E-state index in [1.807, 2.05) is 24.3 Å². The van der Waals surface area contributed by atoms with Gasteiger partial charge >= 0.3 is 0 Å². The number of rotatable bonds is 5. The molecule has 18 heavy (non-hydrogen) atoms. The lowest BCUT2D eigenvalue weighted by molar-refractivity contribution is 0.328. The maximum atomic E-state index is 5.48. The molecule has 3 N–H and O–H groups in total. The molecule has 0 saturated carbocycles. The lowest BCUT2D eigenvalue weighted by Gasteiger charge is -2.04. The summed E-state index contributed by atoms with van der Waals surface area (Å²) in [5.41, 5.74) is 6.35. The van der Waals surface area contributed by atoms with E-state index in [1.54, 1.807) is 0 Å². The minimum Gasteiger partial charge on any atom is -0.492 e. The number of H-pyrrole nitrogens is 1. The first-order chi connectivity index (χ1) is 8.70. The third-order valence-electron chi connectivity index (χ3n) is 2.53. The van der Waals surface area contributed by atoms with E-state index in [0.717, 1.165) is 17.1 Å². The molecule has 0 bridgehead atoms. The van der Waals surface area contributed by atoms with E-state index in [4.69, 9.17) is 10.5 Å². The summed E-state index contributed by atoms with van der Waals surface area (Å²) in [5, 5.41) is 7.16. The Morgan fingerprint density at radius 2 is 2.22 bits per heavy atom. The molecule has 5 nitrogen and oxygen atoms in total. The van der Waals surface area contributed by atoms with Crippen molar-refractivity contribution in [3.05, 3.63) is 30.1 Å². The summed E-state index contributed by atoms with van der Waals surface area (Å²) >= 11 is 0. The van der Waals surface area contributed by atoms with Crippen LogP contribution in [0.5, 0.6) is 5.75 Å². The molecule has 0 atom stereocenters. The molecule has 0 aliphatic carbocycles. The molecule has 0 saturated heterocycles. The van der Waals surface area contributed by atoms with Crippen molar-refractivity contribution in [2.24, 2.45) is 5.73 Å². The fourth-order valence-electron chi connectivity index (χ4n) is 1.56. The predicted molar refractivity (Wildman–Crippen MR) is 70.5 cm³/mol. The van der Waals surface area contributed by atoms with Gasteiger partial charge in [0, 0.05) is 18.0 Å². The van der Waals surface area contributed by atoms with Gasteiger partial charge in [0.1, 0.15) is 18.2 Å². The van der Waals surface area contributed by atoms with Crippen LogP contribution in [0.15, 0.2) is 24.3 Å². The predicted octanol–water partition coefficient (Wildman–Crippen LogP) is 1.93. The summed E-state index contributed by atoms with van der Waals surface area (Å²) in [6, 6.07) is 7.70. The number of nitrogens with zero attached hydrogens (tertiary/aromatic N) is 2. The van der Waals surface area contributed by atoms with Crippen molar-refractivity contribution in [1.29, 1.82) is 0 Å². The summed E-state index contributed by atoms with van der Waals surface area (Å²) < 4.78 is 5.48. The first-order valence-corrected chi connectivity index (χ1v) is 6.06. The van der Waals surface area contributed by atoms with Gasteiger partial charge in [-0.3, -0.25) is 5.10 Å². The van der Waals surface area contributed by atoms with Gasteiger partial charge in [-0.2, -0.15) is 5.10 Å². The summed E-state index contributed by atoms with van der Waals surface area (Å²) in [6.45, 7) is 5.16. The highest BCUT2D eigenvalue weighted by Crippen LogP contribution is 2.22. The Morgan fingerprint density at radius 3 is 2.89 bits per heavy atom. The van der Waals surface area contributed by atoms with Gasteiger partial charge in [-0.15, -0.1) is 0 Å². The van der Waals surface area contributed by atoms with Crippen molar-refractivity contribution < 1.29 is 4.74 Å². The molecule has 0 aliphatic heterocycles. The Morgan fingerprint density at radius 1 is 1.39 bits per heavy atom. The molecule has 0 amide bonds. The number of hydrogen-bond acceptors (Lipinski definition) is 4. The second kappa shape index (κ2) is 5.64. The molecular weight excluding hydrogens is 228 g/mol. The molecule has 2 aromatic rings. The maximum absolute atomic E-state index is 5.48. The average molecular weight is 246 g/mol. The van der Waals surface area contributed by atoms with Crippen LogP contribution in [-0.2, 0) is 0 Å². The number of aromatic amines is 1. The molecule has 0 spiro atoms. The van der Waals surface area contributed by atoms with Crippen LogP contribution in [0.1, 0.15) is 25.6 Å². The van der Waals surface area contributed by atoms with Gasteiger partial charge < -0.3 is 10.5 Å². The zero-order chi connectivity index (χ0) is 13.0. The van der Waals surface area contributed by atoms with Gasteiger partial charge in [0.25, 0.3) is 0 Å². The van der Waals surface area contributed by atoms with Crippen molar-refractivity contribution in [3.63, 3.8) is 0 Å². The highest BCUT2D eigenvalue weighted by atomic mass is 16.5. The normalized spacial score (nSPS) is 10.9. The van der Waals surface area contributed by atoms with Crippen LogP contribution in [0.25, 0.3) is 11.4 Å². The molecule has 1 aromatic heterocycles. The fourth-order valence-corrected chi connectivity index (χ4v) is 1.56. The van der Waals surface area contributed by atoms with E-state index in [9.17, 15) is 0 Å². The molecule has 0 unspecified atom stereocenters. The maximum Gasteiger partial charge on any atom is 0.181 e. The first kappa shape index (κ1) is 12.6. The highest BCUT2D eigenvalue weighted by Gasteiger charge is 2.09. The lowest BCUT2D eigenvalue weighted by Crippen LogP contribution is -2.10. The number of nitrogens with two attached hydrogens (primary N) is 1. The van der Waals surface area contributed by atoms with Crippen LogP contribution >= 0.6 is 0 Å². The molecule has 0 fully saturated rings. The minimum atomic E-state index is 0.336. The highest BCUT2D eigenvalue weighted by molar-refractivity contribution is 5.57. The number of benzene rings is 1. The van der Waals surface area contributed by atoms with Crippen LogP contribution in [0.2, 0.25) is 0 Å². The second-order valence-corrected chi connectivity index (χ2v) is 4.36. The molecule has 0 radical (unpaired) electrons. The van der Waals surface area contributed by atoms with Crippen molar-refractivity contribution in [2.75, 3.05) is 13.2 Å². The van der Waals surface area contributed by atoms with E-state index in [2.05, 4.69) is 29.0 Å². The van der Waals surface area contributed by atoms with Crippen LogP contribution in [-0.4, -0.2) is 28.3 Å². The fraction of sp³-hybridized carbons (Fsp3) is 0.385. The molecule has 96 valence electrons. The smallest absolute Gasteiger partial charge is 0.181 e. The van der Waals surface area contributed by atoms with Gasteiger partial charge in [0.15, 0.2) is 5.82 Å². The molecular formula is C13H18N4O. The van der Waals surface area contributed by atoms with E-state index in [1.165, 1.54) is 0 Å². The largest absolute Gasteiger partial charge is 0.492 e. The second-order valence-electron chi connectivity index (χ2n) is 4.36. The topological polar surface area (TPSA) is 76.8 Å². The van der Waals surface area contributed by atoms with Crippen LogP contribution < -0.4 is 10.5 Å². The quantitative estimate of drug-likeness (QED) is 0.845. The SMILES string of the molecule is CC(C)c1nc(-c2cccc(OCCN)c2)n[nH]1. The molecule has 5 heteroatoms. The minimum absolute atomic E-state index is 0.336. The van der Waals surface area contributed by atoms with E-state index in [-0.39, 0.29) is 0 Å². The molecule has 0 aliphatic rings. The zero-order valence-corrected chi connectivity index (χ0v) is 10.7. The van der Waals surface area contributed by atoms with Crippen molar-refractivity contribution in [3.8, 4) is 17.1 Å². The Bertz CT molecular complexity index is 507. The van der Waals surface area contributed by atoms with Crippen LogP contribution in [0.4, 0.5) is 0 Å². The van der Waals surface area contributed by atoms with E-state index < -0.39 is 0 Å². The molecule has 2 rings (SSSR count). The standard InChI is InChI=1S/C13H18N4O/c1-9(2)12-15-13(17-16-12)10-4-3-5-11(8-10)18-7-6-14/h3-5,8-9H,6-7,14H2,1-2H3,(H,15,16,17). The summed E-state index contributed by atoms with van der Waals surface area (Å²) in [6.07, 6.45) is 0. The monoisotopic (exact) mass is 246 g/mol. The van der Waals surface area contributed by atoms with Crippen molar-refractivity contribution in [1.82, 2.24) is 15.2 Å². The van der Waals surface area contributed by atoms with Crippen molar-refractivity contribution >= 4 is 0 Å². The van der Waals surface area contributed by atoms with Gasteiger partial charge in [-0.05, 0) is 12.1 Å². The summed E-state index contributed by atoms with van der Waals surface area (Å²) in [5.74, 6) is 2.70. The van der Waals surface area contributed by atoms with Gasteiger partial charge in [0.2, 0.25) is 0 Å². The van der Waals surface area contributed by atoms with E-state index in [0.29, 0.717) is 24.9 Å². The molecule has 1 heterocycles. The Balaban J connectivity index is 2.21. The van der Waals surface area contributed by atoms with Gasteiger partial charge in [-0.1, -0.05) is 26.0 Å². The summed E-state index contributed by atoms with van der Waals surface area (Å²) in [7, 11) is 0. The van der Waals surface area contributed by atoms with Gasteiger partial charge in [-0.25, -0.2) is 4.98 Å². The van der Waals surface area contributed by atoms with E-state index >= 15 is 0 Å². The Labute approximate surface area is 106 Å². The van der Waals surface area contributed by atoms with Crippen LogP contribution in [0.3, 0.4) is 0 Å². The van der Waals surface area contributed by atoms with Gasteiger partial charge in [0.05, 0.1) is 0 Å². The number of aromatic nitrogens is 3. The third-order valence-corrected chi connectivity index (χ3v) is 2.53. The van der Waals surface area contributed by atoms with Crippen LogP contribution in [0, 0.1) is 0 Å². The average Bonchev–Trinajstić information content (AvgIpc) is 2.86.